The molecule has 0 amide bonds. The SMILES string of the molecule is CNCc1ccccc1OCc1cccc([N+](=O)[O-])c1Br. The van der Waals surface area contributed by atoms with E-state index in [1.165, 1.54) is 6.07 Å². The molecule has 0 bridgehead atoms. The number of halogens is 1. The summed E-state index contributed by atoms with van der Waals surface area (Å²) in [6.45, 7) is 0.968. The molecule has 0 spiro atoms. The number of nitro benzene ring substituents is 1. The summed E-state index contributed by atoms with van der Waals surface area (Å²) in [6, 6.07) is 12.6. The highest BCUT2D eigenvalue weighted by Crippen LogP contribution is 2.29. The number of rotatable bonds is 6. The van der Waals surface area contributed by atoms with E-state index in [0.717, 1.165) is 16.9 Å². The Balaban J connectivity index is 2.17. The Morgan fingerprint density at radius 2 is 1.90 bits per heavy atom. The first-order valence-corrected chi connectivity index (χ1v) is 7.20. The molecule has 0 atom stereocenters. The molecule has 0 fully saturated rings. The fourth-order valence-electron chi connectivity index (χ4n) is 1.96. The minimum absolute atomic E-state index is 0.0413. The van der Waals surface area contributed by atoms with Gasteiger partial charge in [0.2, 0.25) is 0 Å². The Morgan fingerprint density at radius 1 is 1.19 bits per heavy atom. The zero-order valence-corrected chi connectivity index (χ0v) is 13.1. The largest absolute Gasteiger partial charge is 0.489 e. The molecule has 110 valence electrons. The van der Waals surface area contributed by atoms with Gasteiger partial charge in [-0.1, -0.05) is 30.3 Å². The molecular formula is C15H15BrN2O3. The van der Waals surface area contributed by atoms with Gasteiger partial charge >= 0.3 is 0 Å². The summed E-state index contributed by atoms with van der Waals surface area (Å²) in [7, 11) is 1.87. The van der Waals surface area contributed by atoms with Gasteiger partial charge in [-0.15, -0.1) is 0 Å². The molecule has 0 radical (unpaired) electrons. The van der Waals surface area contributed by atoms with E-state index in [9.17, 15) is 10.1 Å². The number of nitro groups is 1. The van der Waals surface area contributed by atoms with E-state index < -0.39 is 4.92 Å². The lowest BCUT2D eigenvalue weighted by Gasteiger charge is -2.12. The summed E-state index contributed by atoms with van der Waals surface area (Å²) in [6.07, 6.45) is 0. The lowest BCUT2D eigenvalue weighted by molar-refractivity contribution is -0.385. The van der Waals surface area contributed by atoms with Crippen LogP contribution >= 0.6 is 15.9 Å². The number of hydrogen-bond acceptors (Lipinski definition) is 4. The van der Waals surface area contributed by atoms with Crippen molar-refractivity contribution >= 4 is 21.6 Å². The van der Waals surface area contributed by atoms with Gasteiger partial charge in [-0.3, -0.25) is 10.1 Å². The van der Waals surface area contributed by atoms with Crippen LogP contribution in [0.25, 0.3) is 0 Å². The zero-order valence-electron chi connectivity index (χ0n) is 11.5. The summed E-state index contributed by atoms with van der Waals surface area (Å²) in [5, 5.41) is 14.0. The van der Waals surface area contributed by atoms with Crippen LogP contribution in [-0.4, -0.2) is 12.0 Å². The Bertz CT molecular complexity index is 647. The maximum atomic E-state index is 10.9. The van der Waals surface area contributed by atoms with Crippen molar-refractivity contribution in [3.05, 3.63) is 68.2 Å². The van der Waals surface area contributed by atoms with Gasteiger partial charge in [0.15, 0.2) is 0 Å². The third-order valence-corrected chi connectivity index (χ3v) is 3.89. The fourth-order valence-corrected chi connectivity index (χ4v) is 2.48. The highest BCUT2D eigenvalue weighted by atomic mass is 79.9. The molecule has 21 heavy (non-hydrogen) atoms. The van der Waals surface area contributed by atoms with Crippen LogP contribution in [0.2, 0.25) is 0 Å². The molecule has 0 saturated heterocycles. The van der Waals surface area contributed by atoms with E-state index in [4.69, 9.17) is 4.74 Å². The summed E-state index contributed by atoms with van der Waals surface area (Å²) < 4.78 is 6.26. The molecule has 0 unspecified atom stereocenters. The smallest absolute Gasteiger partial charge is 0.283 e. The number of benzene rings is 2. The predicted octanol–water partition coefficient (Wildman–Crippen LogP) is 3.66. The highest BCUT2D eigenvalue weighted by molar-refractivity contribution is 9.10. The van der Waals surface area contributed by atoms with E-state index in [0.29, 0.717) is 11.0 Å². The van der Waals surface area contributed by atoms with Crippen LogP contribution in [-0.2, 0) is 13.2 Å². The van der Waals surface area contributed by atoms with Gasteiger partial charge in [0, 0.05) is 23.7 Å². The average Bonchev–Trinajstić information content (AvgIpc) is 2.47. The molecule has 0 aliphatic heterocycles. The Labute approximate surface area is 131 Å². The lowest BCUT2D eigenvalue weighted by Crippen LogP contribution is -2.07. The number of para-hydroxylation sites is 1. The Morgan fingerprint density at radius 3 is 2.62 bits per heavy atom. The second kappa shape index (κ2) is 7.19. The monoisotopic (exact) mass is 350 g/mol. The molecule has 1 N–H and O–H groups in total. The van der Waals surface area contributed by atoms with Crippen molar-refractivity contribution in [1.82, 2.24) is 5.32 Å². The molecule has 6 heteroatoms. The average molecular weight is 351 g/mol. The third kappa shape index (κ3) is 3.80. The Hall–Kier alpha value is -1.92. The molecule has 5 nitrogen and oxygen atoms in total. The van der Waals surface area contributed by atoms with Crippen molar-refractivity contribution < 1.29 is 9.66 Å². The van der Waals surface area contributed by atoms with Crippen molar-refractivity contribution in [3.63, 3.8) is 0 Å². The van der Waals surface area contributed by atoms with Gasteiger partial charge in [-0.25, -0.2) is 0 Å². The van der Waals surface area contributed by atoms with Gasteiger partial charge in [-0.2, -0.15) is 0 Å². The third-order valence-electron chi connectivity index (χ3n) is 2.98. The van der Waals surface area contributed by atoms with Crippen LogP contribution < -0.4 is 10.1 Å². The first kappa shape index (κ1) is 15.5. The van der Waals surface area contributed by atoms with Crippen LogP contribution in [0.4, 0.5) is 5.69 Å². The first-order valence-electron chi connectivity index (χ1n) is 6.40. The van der Waals surface area contributed by atoms with Crippen molar-refractivity contribution in [2.24, 2.45) is 0 Å². The molecule has 0 heterocycles. The van der Waals surface area contributed by atoms with Gasteiger partial charge in [0.05, 0.1) is 4.92 Å². The molecule has 0 aliphatic rings. The topological polar surface area (TPSA) is 64.4 Å². The molecule has 0 saturated carbocycles. The number of nitrogens with one attached hydrogen (secondary N) is 1. The fraction of sp³-hybridized carbons (Fsp3) is 0.200. The van der Waals surface area contributed by atoms with Crippen molar-refractivity contribution in [1.29, 1.82) is 0 Å². The Kier molecular flexibility index (Phi) is 5.30. The maximum absolute atomic E-state index is 10.9. The lowest BCUT2D eigenvalue weighted by atomic mass is 10.2. The van der Waals surface area contributed by atoms with Crippen LogP contribution in [0.5, 0.6) is 5.75 Å². The van der Waals surface area contributed by atoms with Crippen LogP contribution in [0, 0.1) is 10.1 Å². The molecule has 0 aliphatic carbocycles. The molecule has 2 rings (SSSR count). The van der Waals surface area contributed by atoms with E-state index >= 15 is 0 Å². The van der Waals surface area contributed by atoms with E-state index in [1.54, 1.807) is 12.1 Å². The molecule has 2 aromatic rings. The van der Waals surface area contributed by atoms with Gasteiger partial charge in [0.25, 0.3) is 5.69 Å². The summed E-state index contributed by atoms with van der Waals surface area (Å²) in [4.78, 5) is 10.5. The normalized spacial score (nSPS) is 10.4. The summed E-state index contributed by atoms with van der Waals surface area (Å²) in [5.74, 6) is 0.769. The van der Waals surface area contributed by atoms with E-state index in [1.807, 2.05) is 31.3 Å². The van der Waals surface area contributed by atoms with Crippen molar-refractivity contribution in [2.45, 2.75) is 13.2 Å². The molecular weight excluding hydrogens is 336 g/mol. The van der Waals surface area contributed by atoms with E-state index in [-0.39, 0.29) is 12.3 Å². The van der Waals surface area contributed by atoms with Gasteiger partial charge < -0.3 is 10.1 Å². The molecule has 2 aromatic carbocycles. The number of ether oxygens (including phenoxy) is 1. The second-order valence-corrected chi connectivity index (χ2v) is 5.23. The second-order valence-electron chi connectivity index (χ2n) is 4.43. The van der Waals surface area contributed by atoms with Crippen molar-refractivity contribution in [3.8, 4) is 5.75 Å². The molecule has 0 aromatic heterocycles. The highest BCUT2D eigenvalue weighted by Gasteiger charge is 2.15. The minimum atomic E-state index is -0.414. The van der Waals surface area contributed by atoms with Gasteiger partial charge in [0.1, 0.15) is 16.8 Å². The summed E-state index contributed by atoms with van der Waals surface area (Å²) >= 11 is 3.27. The predicted molar refractivity (Wildman–Crippen MR) is 84.3 cm³/mol. The maximum Gasteiger partial charge on any atom is 0.283 e. The number of nitrogens with zero attached hydrogens (tertiary/aromatic N) is 1. The van der Waals surface area contributed by atoms with E-state index in [2.05, 4.69) is 21.2 Å². The zero-order chi connectivity index (χ0) is 15.2. The van der Waals surface area contributed by atoms with Gasteiger partial charge in [-0.05, 0) is 29.0 Å². The number of hydrogen-bond donors (Lipinski definition) is 1. The van der Waals surface area contributed by atoms with Crippen LogP contribution in [0.3, 0.4) is 0 Å². The standard InChI is InChI=1S/C15H15BrN2O3/c1-17-9-11-5-2-3-8-14(11)21-10-12-6-4-7-13(15(12)16)18(19)20/h2-8,17H,9-10H2,1H3. The van der Waals surface area contributed by atoms with Crippen LogP contribution in [0.15, 0.2) is 46.9 Å². The van der Waals surface area contributed by atoms with Crippen LogP contribution in [0.1, 0.15) is 11.1 Å². The minimum Gasteiger partial charge on any atom is -0.489 e. The van der Waals surface area contributed by atoms with Crippen molar-refractivity contribution in [2.75, 3.05) is 7.05 Å². The summed E-state index contributed by atoms with van der Waals surface area (Å²) in [5.41, 5.74) is 1.82. The quantitative estimate of drug-likeness (QED) is 0.637. The first-order chi connectivity index (χ1) is 10.1.